The smallest absolute Gasteiger partial charge is 0.162 e. The van der Waals surface area contributed by atoms with Gasteiger partial charge in [0, 0.05) is 23.5 Å². The van der Waals surface area contributed by atoms with E-state index >= 15 is 0 Å². The van der Waals surface area contributed by atoms with Crippen LogP contribution in [-0.4, -0.2) is 18.2 Å². The molecule has 0 aliphatic rings. The first kappa shape index (κ1) is 15.6. The number of halogens is 1. The topological polar surface area (TPSA) is 57.4 Å². The maximum atomic E-state index is 6.35. The molecule has 4 nitrogen and oxygen atoms in total. The number of nitrogens with two attached hydrogens (primary N) is 1. The van der Waals surface area contributed by atoms with Gasteiger partial charge in [0.05, 0.1) is 19.3 Å². The summed E-state index contributed by atoms with van der Waals surface area (Å²) in [5.74, 6) is 1.28. The maximum absolute atomic E-state index is 6.35. The second-order valence-corrected chi connectivity index (χ2v) is 4.86. The Kier molecular flexibility index (Phi) is 5.42. The summed E-state index contributed by atoms with van der Waals surface area (Å²) >= 11 is 6.35. The molecule has 1 heterocycles. The van der Waals surface area contributed by atoms with E-state index in [4.69, 9.17) is 26.8 Å². The Morgan fingerprint density at radius 1 is 1.19 bits per heavy atom. The average Bonchev–Trinajstić information content (AvgIpc) is 2.50. The third-order valence-electron chi connectivity index (χ3n) is 3.04. The lowest BCUT2D eigenvalue weighted by Gasteiger charge is -2.18. The molecule has 21 heavy (non-hydrogen) atoms. The molecule has 0 fully saturated rings. The van der Waals surface area contributed by atoms with Crippen molar-refractivity contribution in [2.45, 2.75) is 19.9 Å². The van der Waals surface area contributed by atoms with Crippen molar-refractivity contribution in [2.24, 2.45) is 5.73 Å². The number of ether oxygens (including phenoxy) is 2. The van der Waals surface area contributed by atoms with Crippen molar-refractivity contribution < 1.29 is 9.47 Å². The molecule has 0 amide bonds. The number of aromatic nitrogens is 1. The van der Waals surface area contributed by atoms with Gasteiger partial charge in [0.1, 0.15) is 0 Å². The number of benzene rings is 1. The van der Waals surface area contributed by atoms with Gasteiger partial charge in [-0.1, -0.05) is 17.7 Å². The second kappa shape index (κ2) is 7.29. The summed E-state index contributed by atoms with van der Waals surface area (Å²) in [7, 11) is 0. The first-order valence-electron chi connectivity index (χ1n) is 6.91. The molecule has 0 radical (unpaired) electrons. The zero-order valence-electron chi connectivity index (χ0n) is 12.2. The van der Waals surface area contributed by atoms with Gasteiger partial charge in [-0.3, -0.25) is 4.98 Å². The molecular weight excluding hydrogens is 288 g/mol. The molecule has 1 aromatic heterocycles. The van der Waals surface area contributed by atoms with E-state index in [0.717, 1.165) is 11.1 Å². The summed E-state index contributed by atoms with van der Waals surface area (Å²) in [6.07, 6.45) is 3.44. The first-order valence-corrected chi connectivity index (χ1v) is 7.29. The van der Waals surface area contributed by atoms with E-state index in [0.29, 0.717) is 29.7 Å². The standard InChI is InChI=1S/C16H19ClN2O2/c1-3-20-14-8-12(13(17)9-15(14)21-4-2)16(18)11-6-5-7-19-10-11/h5-10,16H,3-4,18H2,1-2H3. The lowest BCUT2D eigenvalue weighted by Crippen LogP contribution is -2.13. The minimum absolute atomic E-state index is 0.360. The monoisotopic (exact) mass is 306 g/mol. The molecule has 1 aromatic carbocycles. The Labute approximate surface area is 129 Å². The predicted molar refractivity (Wildman–Crippen MR) is 84.1 cm³/mol. The van der Waals surface area contributed by atoms with E-state index in [1.165, 1.54) is 0 Å². The molecule has 2 aromatic rings. The molecule has 2 N–H and O–H groups in total. The summed E-state index contributed by atoms with van der Waals surface area (Å²) < 4.78 is 11.2. The largest absolute Gasteiger partial charge is 0.490 e. The van der Waals surface area contributed by atoms with Crippen molar-refractivity contribution >= 4 is 11.6 Å². The van der Waals surface area contributed by atoms with Gasteiger partial charge in [0.2, 0.25) is 0 Å². The van der Waals surface area contributed by atoms with Gasteiger partial charge in [0.25, 0.3) is 0 Å². The van der Waals surface area contributed by atoms with Crippen LogP contribution in [0.3, 0.4) is 0 Å². The van der Waals surface area contributed by atoms with Gasteiger partial charge in [-0.2, -0.15) is 0 Å². The van der Waals surface area contributed by atoms with Crippen molar-refractivity contribution in [2.75, 3.05) is 13.2 Å². The van der Waals surface area contributed by atoms with Crippen LogP contribution < -0.4 is 15.2 Å². The van der Waals surface area contributed by atoms with Crippen LogP contribution in [0.15, 0.2) is 36.7 Å². The molecule has 1 unspecified atom stereocenters. The van der Waals surface area contributed by atoms with E-state index in [1.54, 1.807) is 18.5 Å². The Bertz CT molecular complexity index is 590. The fraction of sp³-hybridized carbons (Fsp3) is 0.312. The minimum atomic E-state index is -0.360. The van der Waals surface area contributed by atoms with Crippen LogP contribution in [0.5, 0.6) is 11.5 Å². The Balaban J connectivity index is 2.41. The van der Waals surface area contributed by atoms with E-state index in [1.807, 2.05) is 32.0 Å². The summed E-state index contributed by atoms with van der Waals surface area (Å²) in [6.45, 7) is 4.93. The van der Waals surface area contributed by atoms with E-state index in [9.17, 15) is 0 Å². The third-order valence-corrected chi connectivity index (χ3v) is 3.37. The molecule has 0 bridgehead atoms. The number of nitrogens with zero attached hydrogens (tertiary/aromatic N) is 1. The number of hydrogen-bond acceptors (Lipinski definition) is 4. The summed E-state index contributed by atoms with van der Waals surface area (Å²) in [5, 5.41) is 0.554. The van der Waals surface area contributed by atoms with Gasteiger partial charge < -0.3 is 15.2 Å². The van der Waals surface area contributed by atoms with Crippen molar-refractivity contribution in [1.29, 1.82) is 0 Å². The van der Waals surface area contributed by atoms with Gasteiger partial charge in [0.15, 0.2) is 11.5 Å². The molecule has 2 rings (SSSR count). The SMILES string of the molecule is CCOc1cc(Cl)c(C(N)c2cccnc2)cc1OCC. The predicted octanol–water partition coefficient (Wildman–Crippen LogP) is 3.58. The zero-order valence-corrected chi connectivity index (χ0v) is 12.9. The van der Waals surface area contributed by atoms with Gasteiger partial charge in [-0.15, -0.1) is 0 Å². The molecule has 0 spiro atoms. The molecule has 1 atom stereocenters. The second-order valence-electron chi connectivity index (χ2n) is 4.45. The number of hydrogen-bond donors (Lipinski definition) is 1. The number of rotatable bonds is 6. The Morgan fingerprint density at radius 2 is 1.86 bits per heavy atom. The van der Waals surface area contributed by atoms with E-state index in [2.05, 4.69) is 4.98 Å². The van der Waals surface area contributed by atoms with Crippen LogP contribution in [-0.2, 0) is 0 Å². The molecule has 0 aliphatic carbocycles. The fourth-order valence-corrected chi connectivity index (χ4v) is 2.34. The summed E-state index contributed by atoms with van der Waals surface area (Å²) in [5.41, 5.74) is 7.97. The molecule has 5 heteroatoms. The van der Waals surface area contributed by atoms with Gasteiger partial charge in [-0.05, 0) is 37.1 Å². The lowest BCUT2D eigenvalue weighted by atomic mass is 10.0. The highest BCUT2D eigenvalue weighted by atomic mass is 35.5. The van der Waals surface area contributed by atoms with Crippen LogP contribution in [0, 0.1) is 0 Å². The van der Waals surface area contributed by atoms with Crippen LogP contribution >= 0.6 is 11.6 Å². The lowest BCUT2D eigenvalue weighted by molar-refractivity contribution is 0.287. The maximum Gasteiger partial charge on any atom is 0.162 e. The molecule has 112 valence electrons. The van der Waals surface area contributed by atoms with Crippen molar-refractivity contribution in [3.8, 4) is 11.5 Å². The highest BCUT2D eigenvalue weighted by Crippen LogP contribution is 2.37. The quantitative estimate of drug-likeness (QED) is 0.886. The molecule has 0 saturated heterocycles. The van der Waals surface area contributed by atoms with Gasteiger partial charge in [-0.25, -0.2) is 0 Å². The van der Waals surface area contributed by atoms with Crippen molar-refractivity contribution in [1.82, 2.24) is 4.98 Å². The molecule has 0 aliphatic heterocycles. The Morgan fingerprint density at radius 3 is 2.43 bits per heavy atom. The molecular formula is C16H19ClN2O2. The highest BCUT2D eigenvalue weighted by molar-refractivity contribution is 6.31. The number of pyridine rings is 1. The summed E-state index contributed by atoms with van der Waals surface area (Å²) in [6, 6.07) is 7.00. The van der Waals surface area contributed by atoms with Crippen LogP contribution in [0.1, 0.15) is 31.0 Å². The van der Waals surface area contributed by atoms with Crippen LogP contribution in [0.2, 0.25) is 5.02 Å². The average molecular weight is 307 g/mol. The third kappa shape index (κ3) is 3.65. The normalized spacial score (nSPS) is 12.0. The molecule has 0 saturated carbocycles. The van der Waals surface area contributed by atoms with Crippen molar-refractivity contribution in [3.05, 3.63) is 52.8 Å². The highest BCUT2D eigenvalue weighted by Gasteiger charge is 2.17. The first-order chi connectivity index (χ1) is 10.2. The summed E-state index contributed by atoms with van der Waals surface area (Å²) in [4.78, 5) is 4.09. The Hall–Kier alpha value is -1.78. The fourth-order valence-electron chi connectivity index (χ4n) is 2.07. The zero-order chi connectivity index (χ0) is 15.2. The van der Waals surface area contributed by atoms with Crippen LogP contribution in [0.25, 0.3) is 0 Å². The minimum Gasteiger partial charge on any atom is -0.490 e. The van der Waals surface area contributed by atoms with Gasteiger partial charge >= 0.3 is 0 Å². The van der Waals surface area contributed by atoms with E-state index in [-0.39, 0.29) is 6.04 Å². The van der Waals surface area contributed by atoms with E-state index < -0.39 is 0 Å². The van der Waals surface area contributed by atoms with Crippen molar-refractivity contribution in [3.63, 3.8) is 0 Å². The van der Waals surface area contributed by atoms with Crippen LogP contribution in [0.4, 0.5) is 0 Å².